The van der Waals surface area contributed by atoms with Crippen LogP contribution in [-0.4, -0.2) is 46.5 Å². The number of alkyl halides is 3. The van der Waals surface area contributed by atoms with Gasteiger partial charge in [0.05, 0.1) is 46.6 Å². The SMILES string of the molecule is CC(C)(C#N)c1ccc(NCC#Cc2nc3cc(CNC4CCOCC4)ccc3n2CC(F)(F)F)cn1. The largest absolute Gasteiger partial charge is 0.406 e. The summed E-state index contributed by atoms with van der Waals surface area (Å²) in [6, 6.07) is 11.4. The van der Waals surface area contributed by atoms with Gasteiger partial charge in [-0.2, -0.15) is 18.4 Å². The fraction of sp³-hybridized carbons (Fsp3) is 0.444. The molecule has 0 aliphatic carbocycles. The number of hydrogen-bond acceptors (Lipinski definition) is 6. The van der Waals surface area contributed by atoms with Gasteiger partial charge in [0.15, 0.2) is 5.82 Å². The van der Waals surface area contributed by atoms with Gasteiger partial charge >= 0.3 is 6.18 Å². The molecule has 0 saturated carbocycles. The molecule has 1 aliphatic heterocycles. The highest BCUT2D eigenvalue weighted by Gasteiger charge is 2.30. The second kappa shape index (κ2) is 11.2. The molecule has 37 heavy (non-hydrogen) atoms. The van der Waals surface area contributed by atoms with Gasteiger partial charge in [0.25, 0.3) is 0 Å². The third kappa shape index (κ3) is 7.00. The molecule has 2 aromatic heterocycles. The number of pyridine rings is 1. The van der Waals surface area contributed by atoms with Crippen LogP contribution in [0.15, 0.2) is 36.5 Å². The van der Waals surface area contributed by atoms with E-state index in [0.29, 0.717) is 35.0 Å². The first-order valence-corrected chi connectivity index (χ1v) is 12.1. The van der Waals surface area contributed by atoms with Gasteiger partial charge < -0.3 is 19.9 Å². The van der Waals surface area contributed by atoms with E-state index in [9.17, 15) is 18.4 Å². The highest BCUT2D eigenvalue weighted by molar-refractivity contribution is 5.77. The molecule has 1 aromatic carbocycles. The third-order valence-electron chi connectivity index (χ3n) is 6.23. The van der Waals surface area contributed by atoms with Crippen molar-refractivity contribution in [3.63, 3.8) is 0 Å². The minimum atomic E-state index is -4.41. The molecular weight excluding hydrogens is 481 g/mol. The normalized spacial score (nSPS) is 14.7. The number of imidazole rings is 1. The fourth-order valence-electron chi connectivity index (χ4n) is 4.08. The van der Waals surface area contributed by atoms with Gasteiger partial charge in [-0.1, -0.05) is 12.0 Å². The van der Waals surface area contributed by atoms with Gasteiger partial charge in [0, 0.05) is 25.8 Å². The molecule has 0 bridgehead atoms. The molecule has 4 rings (SSSR count). The van der Waals surface area contributed by atoms with E-state index in [4.69, 9.17) is 4.74 Å². The highest BCUT2D eigenvalue weighted by atomic mass is 19.4. The number of nitriles is 1. The molecule has 10 heteroatoms. The van der Waals surface area contributed by atoms with Crippen LogP contribution in [0.25, 0.3) is 11.0 Å². The van der Waals surface area contributed by atoms with Crippen LogP contribution in [0.3, 0.4) is 0 Å². The zero-order chi connectivity index (χ0) is 26.5. The van der Waals surface area contributed by atoms with Crippen LogP contribution >= 0.6 is 0 Å². The summed E-state index contributed by atoms with van der Waals surface area (Å²) in [6.07, 6.45) is -0.927. The topological polar surface area (TPSA) is 87.8 Å². The molecule has 1 saturated heterocycles. The number of nitrogens with one attached hydrogen (secondary N) is 2. The number of fused-ring (bicyclic) bond motifs is 1. The van der Waals surface area contributed by atoms with Crippen LogP contribution in [-0.2, 0) is 23.2 Å². The number of halogens is 3. The van der Waals surface area contributed by atoms with E-state index < -0.39 is 18.1 Å². The van der Waals surface area contributed by atoms with Gasteiger partial charge in [0.2, 0.25) is 0 Å². The Kier molecular flexibility index (Phi) is 8.01. The lowest BCUT2D eigenvalue weighted by atomic mass is 9.91. The Hall–Kier alpha value is -3.60. The van der Waals surface area contributed by atoms with Crippen LogP contribution in [0.1, 0.15) is 43.8 Å². The van der Waals surface area contributed by atoms with Gasteiger partial charge in [-0.15, -0.1) is 0 Å². The highest BCUT2D eigenvalue weighted by Crippen LogP contribution is 2.25. The van der Waals surface area contributed by atoms with Crippen LogP contribution in [0.4, 0.5) is 18.9 Å². The second-order valence-electron chi connectivity index (χ2n) is 9.55. The zero-order valence-electron chi connectivity index (χ0n) is 20.8. The van der Waals surface area contributed by atoms with E-state index >= 15 is 0 Å². The smallest absolute Gasteiger partial charge is 0.381 e. The van der Waals surface area contributed by atoms with E-state index in [1.807, 2.05) is 12.1 Å². The standard InChI is InChI=1S/C27H29F3N6O/c1-26(2,17-31)24-8-6-21(16-34-24)32-11-3-4-25-35-22-14-19(15-33-20-9-12-37-13-10-20)5-7-23(22)36(25)18-27(28,29)30/h5-8,14,16,20,32-33H,9-13,15,18H2,1-2H3. The first-order chi connectivity index (χ1) is 17.6. The third-order valence-corrected chi connectivity index (χ3v) is 6.23. The van der Waals surface area contributed by atoms with Crippen molar-refractivity contribution >= 4 is 16.7 Å². The van der Waals surface area contributed by atoms with E-state index in [1.165, 1.54) is 0 Å². The van der Waals surface area contributed by atoms with Crippen molar-refractivity contribution in [2.24, 2.45) is 0 Å². The average molecular weight is 511 g/mol. The minimum Gasteiger partial charge on any atom is -0.381 e. The van der Waals surface area contributed by atoms with Gasteiger partial charge in [-0.3, -0.25) is 4.98 Å². The summed E-state index contributed by atoms with van der Waals surface area (Å²) in [5.41, 5.74) is 2.47. The van der Waals surface area contributed by atoms with Crippen LogP contribution < -0.4 is 10.6 Å². The van der Waals surface area contributed by atoms with Crippen molar-refractivity contribution in [2.75, 3.05) is 25.1 Å². The van der Waals surface area contributed by atoms with Crippen molar-refractivity contribution in [1.82, 2.24) is 19.9 Å². The lowest BCUT2D eigenvalue weighted by molar-refractivity contribution is -0.140. The summed E-state index contributed by atoms with van der Waals surface area (Å²) in [6.45, 7) is 4.67. The maximum atomic E-state index is 13.3. The number of rotatable bonds is 7. The summed E-state index contributed by atoms with van der Waals surface area (Å²) >= 11 is 0. The number of benzene rings is 1. The maximum Gasteiger partial charge on any atom is 0.406 e. The molecule has 7 nitrogen and oxygen atoms in total. The predicted molar refractivity (Wildman–Crippen MR) is 135 cm³/mol. The monoisotopic (exact) mass is 510 g/mol. The summed E-state index contributed by atoms with van der Waals surface area (Å²) in [5.74, 6) is 5.71. The molecule has 1 fully saturated rings. The molecule has 3 aromatic rings. The molecule has 0 amide bonds. The maximum absolute atomic E-state index is 13.3. The molecule has 194 valence electrons. The number of anilines is 1. The van der Waals surface area contributed by atoms with E-state index in [-0.39, 0.29) is 12.4 Å². The Bertz CT molecular complexity index is 1320. The molecule has 3 heterocycles. The van der Waals surface area contributed by atoms with E-state index in [0.717, 1.165) is 36.2 Å². The van der Waals surface area contributed by atoms with Crippen LogP contribution in [0.2, 0.25) is 0 Å². The number of hydrogen-bond donors (Lipinski definition) is 2. The Morgan fingerprint density at radius 2 is 1.95 bits per heavy atom. The molecule has 0 radical (unpaired) electrons. The van der Waals surface area contributed by atoms with Gasteiger partial charge in [-0.05, 0) is 62.4 Å². The predicted octanol–water partition coefficient (Wildman–Crippen LogP) is 4.53. The summed E-state index contributed by atoms with van der Waals surface area (Å²) in [5, 5.41) is 15.8. The summed E-state index contributed by atoms with van der Waals surface area (Å²) in [4.78, 5) is 8.72. The Labute approximate surface area is 214 Å². The molecule has 2 N–H and O–H groups in total. The van der Waals surface area contributed by atoms with Crippen molar-refractivity contribution in [3.8, 4) is 17.9 Å². The van der Waals surface area contributed by atoms with Gasteiger partial charge in [0.1, 0.15) is 6.54 Å². The van der Waals surface area contributed by atoms with Crippen molar-refractivity contribution < 1.29 is 17.9 Å². The fourth-order valence-corrected chi connectivity index (χ4v) is 4.08. The van der Waals surface area contributed by atoms with E-state index in [2.05, 4.69) is 38.5 Å². The number of aromatic nitrogens is 3. The molecule has 0 unspecified atom stereocenters. The summed E-state index contributed by atoms with van der Waals surface area (Å²) in [7, 11) is 0. The lowest BCUT2D eigenvalue weighted by Gasteiger charge is -2.23. The van der Waals surface area contributed by atoms with Crippen molar-refractivity contribution in [2.45, 2.75) is 57.4 Å². The van der Waals surface area contributed by atoms with E-state index in [1.54, 1.807) is 38.2 Å². The molecular formula is C27H29F3N6O. The molecule has 0 atom stereocenters. The van der Waals surface area contributed by atoms with Crippen molar-refractivity contribution in [3.05, 3.63) is 53.6 Å². The van der Waals surface area contributed by atoms with Crippen molar-refractivity contribution in [1.29, 1.82) is 5.26 Å². The first-order valence-electron chi connectivity index (χ1n) is 12.1. The minimum absolute atomic E-state index is 0.0629. The second-order valence-corrected chi connectivity index (χ2v) is 9.55. The van der Waals surface area contributed by atoms with Crippen LogP contribution in [0, 0.1) is 23.2 Å². The molecule has 0 spiro atoms. The first kappa shape index (κ1) is 26.5. The average Bonchev–Trinajstić information content (AvgIpc) is 3.21. The number of nitrogens with zero attached hydrogens (tertiary/aromatic N) is 4. The van der Waals surface area contributed by atoms with Gasteiger partial charge in [-0.25, -0.2) is 4.98 Å². The Morgan fingerprint density at radius 1 is 1.16 bits per heavy atom. The summed E-state index contributed by atoms with van der Waals surface area (Å²) < 4.78 is 46.5. The van der Waals surface area contributed by atoms with Crippen LogP contribution in [0.5, 0.6) is 0 Å². The Balaban J connectivity index is 1.48. The lowest BCUT2D eigenvalue weighted by Crippen LogP contribution is -2.34. The molecule has 1 aliphatic rings. The number of ether oxygens (including phenoxy) is 1. The zero-order valence-corrected chi connectivity index (χ0v) is 20.8. The Morgan fingerprint density at radius 3 is 2.62 bits per heavy atom. The quantitative estimate of drug-likeness (QED) is 0.455.